The van der Waals surface area contributed by atoms with Crippen molar-refractivity contribution in [3.63, 3.8) is 0 Å². The standard InChI is InChI=1S/C17H15NO/c1-2-12-18-13-15-8-10-17(11-9-15)19-14-16-6-4-3-5-7-16/h1,3-11,13H,12,14H2. The lowest BCUT2D eigenvalue weighted by Crippen LogP contribution is -1.95. The molecule has 0 saturated carbocycles. The Kier molecular flexibility index (Phi) is 4.78. The highest BCUT2D eigenvalue weighted by atomic mass is 16.5. The van der Waals surface area contributed by atoms with Gasteiger partial charge in [-0.2, -0.15) is 0 Å². The summed E-state index contributed by atoms with van der Waals surface area (Å²) in [5.41, 5.74) is 2.17. The van der Waals surface area contributed by atoms with Gasteiger partial charge < -0.3 is 4.74 Å². The zero-order valence-electron chi connectivity index (χ0n) is 10.6. The van der Waals surface area contributed by atoms with Crippen molar-refractivity contribution in [2.45, 2.75) is 6.61 Å². The molecule has 2 heteroatoms. The Morgan fingerprint density at radius 3 is 2.47 bits per heavy atom. The molecular weight excluding hydrogens is 234 g/mol. The number of nitrogens with zero attached hydrogens (tertiary/aromatic N) is 1. The number of terminal acetylenes is 1. The van der Waals surface area contributed by atoms with E-state index in [1.165, 1.54) is 0 Å². The third-order valence-electron chi connectivity index (χ3n) is 2.55. The van der Waals surface area contributed by atoms with E-state index in [9.17, 15) is 0 Å². The fraction of sp³-hybridized carbons (Fsp3) is 0.118. The molecule has 0 aliphatic carbocycles. The fourth-order valence-corrected chi connectivity index (χ4v) is 1.59. The second-order valence-corrected chi connectivity index (χ2v) is 4.02. The molecule has 2 rings (SSSR count). The van der Waals surface area contributed by atoms with Gasteiger partial charge in [-0.25, -0.2) is 0 Å². The van der Waals surface area contributed by atoms with Gasteiger partial charge in [0.15, 0.2) is 0 Å². The van der Waals surface area contributed by atoms with Crippen molar-refractivity contribution in [2.75, 3.05) is 6.54 Å². The van der Waals surface area contributed by atoms with Crippen molar-refractivity contribution >= 4 is 6.21 Å². The summed E-state index contributed by atoms with van der Waals surface area (Å²) in [6.07, 6.45) is 6.89. The van der Waals surface area contributed by atoms with Crippen LogP contribution in [0, 0.1) is 12.3 Å². The van der Waals surface area contributed by atoms with Gasteiger partial charge >= 0.3 is 0 Å². The first kappa shape index (κ1) is 12.9. The number of hydrogen-bond donors (Lipinski definition) is 0. The summed E-state index contributed by atoms with van der Waals surface area (Å²) in [6.45, 7) is 0.984. The highest BCUT2D eigenvalue weighted by Crippen LogP contribution is 2.13. The van der Waals surface area contributed by atoms with Gasteiger partial charge in [-0.15, -0.1) is 6.42 Å². The SMILES string of the molecule is C#CCN=Cc1ccc(OCc2ccccc2)cc1. The van der Waals surface area contributed by atoms with Crippen molar-refractivity contribution < 1.29 is 4.74 Å². The summed E-state index contributed by atoms with van der Waals surface area (Å²) >= 11 is 0. The Balaban J connectivity index is 1.90. The van der Waals surface area contributed by atoms with Gasteiger partial charge in [0.25, 0.3) is 0 Å². The molecule has 0 saturated heterocycles. The van der Waals surface area contributed by atoms with Gasteiger partial charge in [-0.1, -0.05) is 36.3 Å². The van der Waals surface area contributed by atoms with Crippen LogP contribution >= 0.6 is 0 Å². The van der Waals surface area contributed by atoms with E-state index in [2.05, 4.69) is 10.9 Å². The Morgan fingerprint density at radius 2 is 1.79 bits per heavy atom. The molecule has 0 spiro atoms. The van der Waals surface area contributed by atoms with E-state index in [-0.39, 0.29) is 0 Å². The van der Waals surface area contributed by atoms with Crippen LogP contribution in [0.5, 0.6) is 5.75 Å². The average Bonchev–Trinajstić information content (AvgIpc) is 2.48. The Hall–Kier alpha value is -2.53. The van der Waals surface area contributed by atoms with E-state index < -0.39 is 0 Å². The van der Waals surface area contributed by atoms with E-state index in [4.69, 9.17) is 11.2 Å². The van der Waals surface area contributed by atoms with E-state index in [0.29, 0.717) is 13.2 Å². The van der Waals surface area contributed by atoms with Gasteiger partial charge in [-0.05, 0) is 35.4 Å². The molecule has 0 unspecified atom stereocenters. The first-order valence-electron chi connectivity index (χ1n) is 6.08. The van der Waals surface area contributed by atoms with Crippen LogP contribution in [0.1, 0.15) is 11.1 Å². The van der Waals surface area contributed by atoms with E-state index in [1.807, 2.05) is 54.6 Å². The molecule has 0 amide bonds. The molecule has 0 fully saturated rings. The van der Waals surface area contributed by atoms with Crippen LogP contribution < -0.4 is 4.74 Å². The molecule has 0 radical (unpaired) electrons. The summed E-state index contributed by atoms with van der Waals surface area (Å²) in [4.78, 5) is 4.08. The second-order valence-electron chi connectivity index (χ2n) is 4.02. The van der Waals surface area contributed by atoms with Crippen LogP contribution in [-0.4, -0.2) is 12.8 Å². The summed E-state index contributed by atoms with van der Waals surface area (Å²) in [7, 11) is 0. The van der Waals surface area contributed by atoms with Gasteiger partial charge in [0.2, 0.25) is 0 Å². The maximum Gasteiger partial charge on any atom is 0.119 e. The van der Waals surface area contributed by atoms with Gasteiger partial charge in [-0.3, -0.25) is 4.99 Å². The van der Waals surface area contributed by atoms with Crippen molar-refractivity contribution in [2.24, 2.45) is 4.99 Å². The molecule has 0 aliphatic rings. The lowest BCUT2D eigenvalue weighted by atomic mass is 10.2. The van der Waals surface area contributed by atoms with E-state index >= 15 is 0 Å². The van der Waals surface area contributed by atoms with Crippen molar-refractivity contribution in [1.82, 2.24) is 0 Å². The van der Waals surface area contributed by atoms with E-state index in [1.54, 1.807) is 6.21 Å². The lowest BCUT2D eigenvalue weighted by Gasteiger charge is -2.06. The molecular formula is C17H15NO. The summed E-state index contributed by atoms with van der Waals surface area (Å²) in [5, 5.41) is 0. The minimum absolute atomic E-state index is 0.409. The second kappa shape index (κ2) is 7.03. The summed E-state index contributed by atoms with van der Waals surface area (Å²) in [6, 6.07) is 17.9. The minimum atomic E-state index is 0.409. The highest BCUT2D eigenvalue weighted by molar-refractivity contribution is 5.79. The third-order valence-corrected chi connectivity index (χ3v) is 2.55. The van der Waals surface area contributed by atoms with Gasteiger partial charge in [0, 0.05) is 6.21 Å². The third kappa shape index (κ3) is 4.33. The minimum Gasteiger partial charge on any atom is -0.489 e. The Morgan fingerprint density at radius 1 is 1.05 bits per heavy atom. The number of hydrogen-bond acceptors (Lipinski definition) is 2. The smallest absolute Gasteiger partial charge is 0.119 e. The predicted molar refractivity (Wildman–Crippen MR) is 78.5 cm³/mol. The maximum atomic E-state index is 5.70. The first-order chi connectivity index (χ1) is 9.38. The van der Waals surface area contributed by atoms with Crippen molar-refractivity contribution in [3.8, 4) is 18.1 Å². The Bertz CT molecular complexity index is 564. The van der Waals surface area contributed by atoms with Gasteiger partial charge in [0.05, 0.1) is 6.54 Å². The summed E-state index contributed by atoms with van der Waals surface area (Å²) < 4.78 is 5.70. The van der Waals surface area contributed by atoms with Crippen LogP contribution in [0.4, 0.5) is 0 Å². The number of benzene rings is 2. The van der Waals surface area contributed by atoms with Crippen molar-refractivity contribution in [1.29, 1.82) is 0 Å². The van der Waals surface area contributed by atoms with Crippen LogP contribution in [0.25, 0.3) is 0 Å². The molecule has 0 heterocycles. The van der Waals surface area contributed by atoms with Crippen molar-refractivity contribution in [3.05, 3.63) is 65.7 Å². The molecule has 2 aromatic carbocycles. The summed E-state index contributed by atoms with van der Waals surface area (Å²) in [5.74, 6) is 3.31. The zero-order valence-corrected chi connectivity index (χ0v) is 10.6. The molecule has 0 N–H and O–H groups in total. The molecule has 0 aromatic heterocycles. The highest BCUT2D eigenvalue weighted by Gasteiger charge is 1.95. The topological polar surface area (TPSA) is 21.6 Å². The molecule has 2 nitrogen and oxygen atoms in total. The maximum absolute atomic E-state index is 5.70. The molecule has 19 heavy (non-hydrogen) atoms. The Labute approximate surface area is 113 Å². The number of aliphatic imine (C=N–C) groups is 1. The van der Waals surface area contributed by atoms with E-state index in [0.717, 1.165) is 16.9 Å². The zero-order chi connectivity index (χ0) is 13.3. The lowest BCUT2D eigenvalue weighted by molar-refractivity contribution is 0.306. The van der Waals surface area contributed by atoms with Crippen LogP contribution in [0.2, 0.25) is 0 Å². The van der Waals surface area contributed by atoms with Gasteiger partial charge in [0.1, 0.15) is 12.4 Å². The van der Waals surface area contributed by atoms with Crippen LogP contribution in [-0.2, 0) is 6.61 Å². The number of ether oxygens (including phenoxy) is 1. The quantitative estimate of drug-likeness (QED) is 0.588. The first-order valence-corrected chi connectivity index (χ1v) is 6.08. The largest absolute Gasteiger partial charge is 0.489 e. The monoisotopic (exact) mass is 249 g/mol. The molecule has 2 aromatic rings. The van der Waals surface area contributed by atoms with Crippen LogP contribution in [0.15, 0.2) is 59.6 Å². The average molecular weight is 249 g/mol. The molecule has 0 bridgehead atoms. The fourth-order valence-electron chi connectivity index (χ4n) is 1.59. The molecule has 94 valence electrons. The van der Waals surface area contributed by atoms with Crippen LogP contribution in [0.3, 0.4) is 0 Å². The molecule has 0 aliphatic heterocycles. The normalized spacial score (nSPS) is 10.3. The predicted octanol–water partition coefficient (Wildman–Crippen LogP) is 3.32. The molecule has 0 atom stereocenters. The number of rotatable bonds is 5.